The van der Waals surface area contributed by atoms with E-state index in [-0.39, 0.29) is 21.7 Å². The van der Waals surface area contributed by atoms with E-state index >= 15 is 0 Å². The van der Waals surface area contributed by atoms with Gasteiger partial charge in [0.05, 0.1) is 4.90 Å². The zero-order valence-corrected chi connectivity index (χ0v) is 17.2. The molecule has 1 heterocycles. The summed E-state index contributed by atoms with van der Waals surface area (Å²) in [6.45, 7) is 0. The van der Waals surface area contributed by atoms with Gasteiger partial charge in [-0.15, -0.1) is 0 Å². The van der Waals surface area contributed by atoms with E-state index in [1.54, 1.807) is 42.5 Å². The Kier molecular flexibility index (Phi) is 5.21. The summed E-state index contributed by atoms with van der Waals surface area (Å²) >= 11 is 3.36. The Bertz CT molecular complexity index is 1240. The molecule has 0 saturated heterocycles. The first-order valence-electron chi connectivity index (χ1n) is 8.53. The fourth-order valence-electron chi connectivity index (χ4n) is 2.66. The third kappa shape index (κ3) is 4.08. The highest BCUT2D eigenvalue weighted by Gasteiger charge is 2.28. The van der Waals surface area contributed by atoms with Crippen molar-refractivity contribution in [1.29, 1.82) is 0 Å². The van der Waals surface area contributed by atoms with Gasteiger partial charge in [-0.1, -0.05) is 34.1 Å². The van der Waals surface area contributed by atoms with E-state index in [0.717, 1.165) is 4.47 Å². The lowest BCUT2D eigenvalue weighted by Gasteiger charge is -2.06. The molecule has 0 amide bonds. The van der Waals surface area contributed by atoms with Crippen molar-refractivity contribution < 1.29 is 17.2 Å². The standard InChI is InChI=1S/C21H14BrFN2O3S/c22-15-8-6-14(7-9-15)19-25-21(29(26,27)18-4-2-1-3-5-18)20(28-19)24-17-12-10-16(23)11-13-17/h1-13,24H. The summed E-state index contributed by atoms with van der Waals surface area (Å²) in [6, 6.07) is 20.6. The minimum absolute atomic E-state index is 0.0432. The van der Waals surface area contributed by atoms with E-state index in [9.17, 15) is 12.8 Å². The van der Waals surface area contributed by atoms with Crippen LogP contribution in [0.4, 0.5) is 16.0 Å². The van der Waals surface area contributed by atoms with E-state index in [1.807, 2.05) is 0 Å². The van der Waals surface area contributed by atoms with Gasteiger partial charge in [0.2, 0.25) is 26.6 Å². The predicted molar refractivity (Wildman–Crippen MR) is 111 cm³/mol. The largest absolute Gasteiger partial charge is 0.419 e. The van der Waals surface area contributed by atoms with Gasteiger partial charge in [-0.05, 0) is 60.7 Å². The lowest BCUT2D eigenvalue weighted by atomic mass is 10.2. The first-order chi connectivity index (χ1) is 13.9. The van der Waals surface area contributed by atoms with Crippen LogP contribution in [-0.2, 0) is 9.84 Å². The summed E-state index contributed by atoms with van der Waals surface area (Å²) in [5, 5.41) is 2.65. The van der Waals surface area contributed by atoms with Gasteiger partial charge in [0, 0.05) is 15.7 Å². The average Bonchev–Trinajstić information content (AvgIpc) is 3.15. The number of oxazole rings is 1. The summed E-state index contributed by atoms with van der Waals surface area (Å²) in [5.74, 6) is -0.296. The minimum atomic E-state index is -3.94. The third-order valence-electron chi connectivity index (χ3n) is 4.10. The Morgan fingerprint density at radius 3 is 2.21 bits per heavy atom. The fraction of sp³-hybridized carbons (Fsp3) is 0. The molecule has 8 heteroatoms. The van der Waals surface area contributed by atoms with E-state index in [0.29, 0.717) is 11.3 Å². The van der Waals surface area contributed by atoms with Crippen LogP contribution in [0.3, 0.4) is 0 Å². The fourth-order valence-corrected chi connectivity index (χ4v) is 4.20. The number of benzene rings is 3. The van der Waals surface area contributed by atoms with E-state index in [4.69, 9.17) is 4.42 Å². The molecule has 3 aromatic carbocycles. The molecule has 146 valence electrons. The number of halogens is 2. The Labute approximate surface area is 175 Å². The normalized spacial score (nSPS) is 11.4. The van der Waals surface area contributed by atoms with Crippen LogP contribution in [0.5, 0.6) is 0 Å². The number of nitrogens with one attached hydrogen (secondary N) is 1. The van der Waals surface area contributed by atoms with Crippen molar-refractivity contribution >= 4 is 37.3 Å². The number of aromatic nitrogens is 1. The molecule has 1 N–H and O–H groups in total. The van der Waals surface area contributed by atoms with Gasteiger partial charge in [-0.25, -0.2) is 12.8 Å². The maximum atomic E-state index is 13.2. The van der Waals surface area contributed by atoms with E-state index in [1.165, 1.54) is 36.4 Å². The molecule has 0 radical (unpaired) electrons. The molecule has 4 aromatic rings. The van der Waals surface area contributed by atoms with Gasteiger partial charge in [0.15, 0.2) is 0 Å². The van der Waals surface area contributed by atoms with Crippen molar-refractivity contribution in [2.24, 2.45) is 0 Å². The van der Waals surface area contributed by atoms with Crippen LogP contribution >= 0.6 is 15.9 Å². The van der Waals surface area contributed by atoms with Gasteiger partial charge < -0.3 is 9.73 Å². The van der Waals surface area contributed by atoms with Crippen molar-refractivity contribution in [3.63, 3.8) is 0 Å². The van der Waals surface area contributed by atoms with Gasteiger partial charge in [-0.2, -0.15) is 4.98 Å². The number of hydrogen-bond acceptors (Lipinski definition) is 5. The first kappa shape index (κ1) is 19.4. The van der Waals surface area contributed by atoms with Crippen molar-refractivity contribution in [2.45, 2.75) is 9.92 Å². The van der Waals surface area contributed by atoms with Crippen LogP contribution in [0.2, 0.25) is 0 Å². The smallest absolute Gasteiger partial charge is 0.238 e. The number of sulfone groups is 1. The summed E-state index contributed by atoms with van der Waals surface area (Å²) < 4.78 is 46.2. The second-order valence-electron chi connectivity index (χ2n) is 6.11. The molecule has 0 atom stereocenters. The third-order valence-corrected chi connectivity index (χ3v) is 6.30. The molecule has 0 saturated carbocycles. The average molecular weight is 473 g/mol. The van der Waals surface area contributed by atoms with Crippen LogP contribution in [0.15, 0.2) is 97.7 Å². The van der Waals surface area contributed by atoms with Crippen LogP contribution < -0.4 is 5.32 Å². The topological polar surface area (TPSA) is 72.2 Å². The van der Waals surface area contributed by atoms with E-state index in [2.05, 4.69) is 26.2 Å². The van der Waals surface area contributed by atoms with Gasteiger partial charge >= 0.3 is 0 Å². The summed E-state index contributed by atoms with van der Waals surface area (Å²) in [6.07, 6.45) is 0. The number of hydrogen-bond donors (Lipinski definition) is 1. The van der Waals surface area contributed by atoms with Crippen molar-refractivity contribution in [3.8, 4) is 11.5 Å². The summed E-state index contributed by atoms with van der Waals surface area (Å²) in [4.78, 5) is 4.36. The van der Waals surface area contributed by atoms with Gasteiger partial charge in [-0.3, -0.25) is 0 Å². The van der Waals surface area contributed by atoms with E-state index < -0.39 is 15.7 Å². The lowest BCUT2D eigenvalue weighted by Crippen LogP contribution is -2.05. The molecule has 1 aromatic heterocycles. The first-order valence-corrected chi connectivity index (χ1v) is 10.8. The number of rotatable bonds is 5. The molecule has 0 fully saturated rings. The Morgan fingerprint density at radius 1 is 0.897 bits per heavy atom. The SMILES string of the molecule is O=S(=O)(c1ccccc1)c1nc(-c2ccc(Br)cc2)oc1Nc1ccc(F)cc1. The predicted octanol–water partition coefficient (Wildman–Crippen LogP) is 5.82. The van der Waals surface area contributed by atoms with Crippen molar-refractivity contribution in [1.82, 2.24) is 4.98 Å². The van der Waals surface area contributed by atoms with Crippen molar-refractivity contribution in [2.75, 3.05) is 5.32 Å². The maximum Gasteiger partial charge on any atom is 0.238 e. The molecule has 0 aliphatic heterocycles. The maximum absolute atomic E-state index is 13.2. The second kappa shape index (κ2) is 7.81. The molecule has 0 bridgehead atoms. The quantitative estimate of drug-likeness (QED) is 0.396. The summed E-state index contributed by atoms with van der Waals surface area (Å²) in [5.41, 5.74) is 1.08. The number of nitrogens with zero attached hydrogens (tertiary/aromatic N) is 1. The molecular weight excluding hydrogens is 459 g/mol. The summed E-state index contributed by atoms with van der Waals surface area (Å²) in [7, 11) is -3.94. The monoisotopic (exact) mass is 472 g/mol. The second-order valence-corrected chi connectivity index (χ2v) is 8.89. The molecule has 0 aliphatic carbocycles. The van der Waals surface area contributed by atoms with Crippen LogP contribution in [0.1, 0.15) is 0 Å². The van der Waals surface area contributed by atoms with Crippen LogP contribution in [0.25, 0.3) is 11.5 Å². The minimum Gasteiger partial charge on any atom is -0.419 e. The molecule has 4 rings (SSSR count). The molecule has 29 heavy (non-hydrogen) atoms. The number of anilines is 2. The Morgan fingerprint density at radius 2 is 1.55 bits per heavy atom. The highest BCUT2D eigenvalue weighted by Crippen LogP contribution is 2.34. The highest BCUT2D eigenvalue weighted by atomic mass is 79.9. The molecule has 0 spiro atoms. The molecule has 0 unspecified atom stereocenters. The molecular formula is C21H14BrFN2O3S. The zero-order chi connectivity index (χ0) is 20.4. The van der Waals surface area contributed by atoms with Gasteiger partial charge in [0.25, 0.3) is 0 Å². The van der Waals surface area contributed by atoms with Gasteiger partial charge in [0.1, 0.15) is 5.82 Å². The molecule has 0 aliphatic rings. The van der Waals surface area contributed by atoms with Crippen LogP contribution in [-0.4, -0.2) is 13.4 Å². The zero-order valence-electron chi connectivity index (χ0n) is 14.8. The molecule has 5 nitrogen and oxygen atoms in total. The van der Waals surface area contributed by atoms with Crippen LogP contribution in [0, 0.1) is 5.82 Å². The Balaban J connectivity index is 1.83. The Hall–Kier alpha value is -2.97. The lowest BCUT2D eigenvalue weighted by molar-refractivity contribution is 0.581. The highest BCUT2D eigenvalue weighted by molar-refractivity contribution is 9.10. The van der Waals surface area contributed by atoms with Crippen molar-refractivity contribution in [3.05, 3.63) is 89.2 Å².